The summed E-state index contributed by atoms with van der Waals surface area (Å²) in [6.45, 7) is 2.52. The van der Waals surface area contributed by atoms with Crippen LogP contribution in [0.3, 0.4) is 0 Å². The Hall–Kier alpha value is -1.00. The van der Waals surface area contributed by atoms with Crippen LogP contribution in [0.2, 0.25) is 5.02 Å². The highest BCUT2D eigenvalue weighted by Gasteiger charge is 2.15. The van der Waals surface area contributed by atoms with Crippen molar-refractivity contribution in [1.82, 2.24) is 4.98 Å². The largest absolute Gasteiger partial charge is 0.396 e. The molecule has 5 heteroatoms. The van der Waals surface area contributed by atoms with Crippen LogP contribution in [0, 0.1) is 5.92 Å². The van der Waals surface area contributed by atoms with E-state index in [9.17, 15) is 0 Å². The van der Waals surface area contributed by atoms with Gasteiger partial charge in [-0.1, -0.05) is 11.6 Å². The monoisotopic (exact) mass is 227 g/mol. The molecule has 0 aromatic carbocycles. The standard InChI is InChI=1S/C10H14ClN3O/c11-8-3-9(12)10(14-5-8)13-4-7-1-2-15-6-7/h3,5,7H,1-2,4,6,12H2,(H,13,14). The second kappa shape index (κ2) is 4.68. The molecule has 0 radical (unpaired) electrons. The number of ether oxygens (including phenoxy) is 1. The van der Waals surface area contributed by atoms with Gasteiger partial charge in [-0.25, -0.2) is 4.98 Å². The van der Waals surface area contributed by atoms with E-state index in [0.717, 1.165) is 26.2 Å². The lowest BCUT2D eigenvalue weighted by Gasteiger charge is -2.11. The maximum Gasteiger partial charge on any atom is 0.149 e. The Kier molecular flexibility index (Phi) is 3.28. The molecule has 1 saturated heterocycles. The summed E-state index contributed by atoms with van der Waals surface area (Å²) in [5, 5.41) is 3.76. The number of nitrogens with one attached hydrogen (secondary N) is 1. The first-order chi connectivity index (χ1) is 7.25. The first-order valence-corrected chi connectivity index (χ1v) is 5.36. The molecule has 1 aromatic heterocycles. The van der Waals surface area contributed by atoms with Crippen LogP contribution < -0.4 is 11.1 Å². The third kappa shape index (κ3) is 2.73. The number of rotatable bonds is 3. The summed E-state index contributed by atoms with van der Waals surface area (Å²) >= 11 is 5.75. The number of hydrogen-bond acceptors (Lipinski definition) is 4. The van der Waals surface area contributed by atoms with Crippen molar-refractivity contribution in [1.29, 1.82) is 0 Å². The minimum atomic E-state index is 0.557. The molecular weight excluding hydrogens is 214 g/mol. The third-order valence-corrected chi connectivity index (χ3v) is 2.67. The summed E-state index contributed by atoms with van der Waals surface area (Å²) in [5.74, 6) is 1.26. The van der Waals surface area contributed by atoms with Gasteiger partial charge in [0.05, 0.1) is 17.3 Å². The topological polar surface area (TPSA) is 60.2 Å². The SMILES string of the molecule is Nc1cc(Cl)cnc1NCC1CCOC1. The summed E-state index contributed by atoms with van der Waals surface area (Å²) in [4.78, 5) is 4.13. The Morgan fingerprint density at radius 1 is 1.67 bits per heavy atom. The maximum absolute atomic E-state index is 5.77. The molecule has 1 aromatic rings. The molecule has 0 amide bonds. The number of nitrogens with two attached hydrogens (primary N) is 1. The van der Waals surface area contributed by atoms with Gasteiger partial charge >= 0.3 is 0 Å². The van der Waals surface area contributed by atoms with Crippen LogP contribution in [-0.2, 0) is 4.74 Å². The van der Waals surface area contributed by atoms with Crippen LogP contribution in [0.4, 0.5) is 11.5 Å². The highest BCUT2D eigenvalue weighted by molar-refractivity contribution is 6.30. The van der Waals surface area contributed by atoms with E-state index in [4.69, 9.17) is 22.1 Å². The average Bonchev–Trinajstić information content (AvgIpc) is 2.69. The fourth-order valence-corrected chi connectivity index (χ4v) is 1.75. The molecule has 2 heterocycles. The average molecular weight is 228 g/mol. The summed E-state index contributed by atoms with van der Waals surface area (Å²) in [5.41, 5.74) is 6.35. The van der Waals surface area contributed by atoms with Crippen LogP contribution >= 0.6 is 11.6 Å². The van der Waals surface area contributed by atoms with Gasteiger partial charge in [0.1, 0.15) is 5.82 Å². The molecule has 4 nitrogen and oxygen atoms in total. The number of anilines is 2. The molecule has 0 spiro atoms. The van der Waals surface area contributed by atoms with Gasteiger partial charge < -0.3 is 15.8 Å². The number of halogens is 1. The van der Waals surface area contributed by atoms with Crippen molar-refractivity contribution in [2.75, 3.05) is 30.8 Å². The van der Waals surface area contributed by atoms with Crippen LogP contribution in [-0.4, -0.2) is 24.7 Å². The lowest BCUT2D eigenvalue weighted by molar-refractivity contribution is 0.187. The van der Waals surface area contributed by atoms with E-state index in [-0.39, 0.29) is 0 Å². The predicted octanol–water partition coefficient (Wildman–Crippen LogP) is 1.77. The minimum absolute atomic E-state index is 0.557. The molecule has 2 rings (SSSR count). The van der Waals surface area contributed by atoms with E-state index in [1.165, 1.54) is 0 Å². The third-order valence-electron chi connectivity index (χ3n) is 2.47. The van der Waals surface area contributed by atoms with Gasteiger partial charge in [0.2, 0.25) is 0 Å². The van der Waals surface area contributed by atoms with Crippen LogP contribution in [0.5, 0.6) is 0 Å². The van der Waals surface area contributed by atoms with Gasteiger partial charge in [-0.3, -0.25) is 0 Å². The van der Waals surface area contributed by atoms with E-state index < -0.39 is 0 Å². The summed E-state index contributed by atoms with van der Waals surface area (Å²) in [6.07, 6.45) is 2.69. The van der Waals surface area contributed by atoms with Crippen molar-refractivity contribution in [2.45, 2.75) is 6.42 Å². The molecule has 15 heavy (non-hydrogen) atoms. The van der Waals surface area contributed by atoms with Crippen molar-refractivity contribution in [3.05, 3.63) is 17.3 Å². The fourth-order valence-electron chi connectivity index (χ4n) is 1.59. The molecule has 1 aliphatic heterocycles. The Morgan fingerprint density at radius 2 is 2.53 bits per heavy atom. The van der Waals surface area contributed by atoms with Gasteiger partial charge in [-0.2, -0.15) is 0 Å². The lowest BCUT2D eigenvalue weighted by Crippen LogP contribution is -2.15. The van der Waals surface area contributed by atoms with Gasteiger partial charge in [0.25, 0.3) is 0 Å². The van der Waals surface area contributed by atoms with E-state index in [0.29, 0.717) is 22.4 Å². The van der Waals surface area contributed by atoms with E-state index >= 15 is 0 Å². The molecule has 1 unspecified atom stereocenters. The van der Waals surface area contributed by atoms with Crippen molar-refractivity contribution in [2.24, 2.45) is 5.92 Å². The minimum Gasteiger partial charge on any atom is -0.396 e. The van der Waals surface area contributed by atoms with E-state index in [2.05, 4.69) is 10.3 Å². The van der Waals surface area contributed by atoms with Crippen LogP contribution in [0.1, 0.15) is 6.42 Å². The number of nitrogens with zero attached hydrogens (tertiary/aromatic N) is 1. The van der Waals surface area contributed by atoms with Gasteiger partial charge in [0.15, 0.2) is 0 Å². The van der Waals surface area contributed by atoms with Crippen LogP contribution in [0.25, 0.3) is 0 Å². The zero-order valence-corrected chi connectivity index (χ0v) is 9.13. The van der Waals surface area contributed by atoms with Crippen molar-refractivity contribution in [3.8, 4) is 0 Å². The van der Waals surface area contributed by atoms with E-state index in [1.807, 2.05) is 0 Å². The first kappa shape index (κ1) is 10.5. The highest BCUT2D eigenvalue weighted by Crippen LogP contribution is 2.20. The second-order valence-corrected chi connectivity index (χ2v) is 4.14. The molecule has 1 aliphatic rings. The summed E-state index contributed by atoms with van der Waals surface area (Å²) in [7, 11) is 0. The molecule has 1 atom stereocenters. The number of pyridine rings is 1. The Bertz CT molecular complexity index is 339. The fraction of sp³-hybridized carbons (Fsp3) is 0.500. The zero-order valence-electron chi connectivity index (χ0n) is 8.37. The van der Waals surface area contributed by atoms with Gasteiger partial charge in [-0.05, 0) is 12.5 Å². The smallest absolute Gasteiger partial charge is 0.149 e. The zero-order chi connectivity index (χ0) is 10.7. The van der Waals surface area contributed by atoms with Crippen LogP contribution in [0.15, 0.2) is 12.3 Å². The molecule has 1 fully saturated rings. The Balaban J connectivity index is 1.92. The number of hydrogen-bond donors (Lipinski definition) is 2. The molecule has 0 saturated carbocycles. The molecular formula is C10H14ClN3O. The summed E-state index contributed by atoms with van der Waals surface area (Å²) < 4.78 is 5.28. The second-order valence-electron chi connectivity index (χ2n) is 3.70. The molecule has 3 N–H and O–H groups in total. The highest BCUT2D eigenvalue weighted by atomic mass is 35.5. The Morgan fingerprint density at radius 3 is 3.20 bits per heavy atom. The lowest BCUT2D eigenvalue weighted by atomic mass is 10.1. The van der Waals surface area contributed by atoms with Crippen molar-refractivity contribution < 1.29 is 4.74 Å². The van der Waals surface area contributed by atoms with Crippen molar-refractivity contribution >= 4 is 23.1 Å². The molecule has 0 aliphatic carbocycles. The van der Waals surface area contributed by atoms with Crippen molar-refractivity contribution in [3.63, 3.8) is 0 Å². The van der Waals surface area contributed by atoms with E-state index in [1.54, 1.807) is 12.3 Å². The maximum atomic E-state index is 5.77. The Labute approximate surface area is 93.8 Å². The summed E-state index contributed by atoms with van der Waals surface area (Å²) in [6, 6.07) is 1.70. The number of nitrogen functional groups attached to an aromatic ring is 1. The number of aromatic nitrogens is 1. The molecule has 0 bridgehead atoms. The molecule has 82 valence electrons. The predicted molar refractivity (Wildman–Crippen MR) is 61.1 cm³/mol. The normalized spacial score (nSPS) is 20.5. The quantitative estimate of drug-likeness (QED) is 0.826. The van der Waals surface area contributed by atoms with Gasteiger partial charge in [-0.15, -0.1) is 0 Å². The van der Waals surface area contributed by atoms with Gasteiger partial charge in [0, 0.05) is 25.3 Å². The first-order valence-electron chi connectivity index (χ1n) is 4.98.